The average molecular weight is 428 g/mol. The van der Waals surface area contributed by atoms with Gasteiger partial charge in [-0.15, -0.1) is 0 Å². The third kappa shape index (κ3) is 4.93. The lowest BCUT2D eigenvalue weighted by Crippen LogP contribution is -2.15. The van der Waals surface area contributed by atoms with E-state index >= 15 is 0 Å². The number of thioether (sulfide) groups is 1. The highest BCUT2D eigenvalue weighted by molar-refractivity contribution is 9.10. The van der Waals surface area contributed by atoms with Gasteiger partial charge >= 0.3 is 0 Å². The van der Waals surface area contributed by atoms with Gasteiger partial charge in [0.2, 0.25) is 0 Å². The molecule has 1 heterocycles. The lowest BCUT2D eigenvalue weighted by atomic mass is 10.2. The molecule has 1 N–H and O–H groups in total. The van der Waals surface area contributed by atoms with E-state index in [0.717, 1.165) is 17.0 Å². The molecule has 1 amide bonds. The van der Waals surface area contributed by atoms with E-state index in [4.69, 9.17) is 0 Å². The van der Waals surface area contributed by atoms with Crippen LogP contribution in [-0.2, 0) is 5.75 Å². The van der Waals surface area contributed by atoms with Crippen LogP contribution in [0.2, 0.25) is 0 Å². The number of rotatable bonds is 5. The van der Waals surface area contributed by atoms with Gasteiger partial charge in [-0.3, -0.25) is 4.79 Å². The molecule has 0 radical (unpaired) electrons. The van der Waals surface area contributed by atoms with E-state index in [2.05, 4.69) is 56.3 Å². The van der Waals surface area contributed by atoms with Crippen molar-refractivity contribution >= 4 is 39.3 Å². The molecule has 4 nitrogen and oxygen atoms in total. The number of hydrogen-bond acceptors (Lipinski definition) is 4. The Morgan fingerprint density at radius 2 is 1.88 bits per heavy atom. The summed E-state index contributed by atoms with van der Waals surface area (Å²) >= 11 is 4.87. The van der Waals surface area contributed by atoms with E-state index in [0.29, 0.717) is 15.3 Å². The number of hydrogen-bond donors (Lipinski definition) is 1. The quantitative estimate of drug-likeness (QED) is 0.437. The first-order chi connectivity index (χ1) is 12.5. The topological polar surface area (TPSA) is 54.9 Å². The molecule has 132 valence electrons. The van der Waals surface area contributed by atoms with E-state index in [9.17, 15) is 4.79 Å². The molecule has 0 aliphatic carbocycles. The Morgan fingerprint density at radius 3 is 2.62 bits per heavy atom. The van der Waals surface area contributed by atoms with E-state index in [1.165, 1.54) is 22.9 Å². The summed E-state index contributed by atoms with van der Waals surface area (Å²) in [5.41, 5.74) is 4.62. The summed E-state index contributed by atoms with van der Waals surface area (Å²) in [5.74, 6) is 0.489. The summed E-state index contributed by atoms with van der Waals surface area (Å²) in [6.45, 7) is 4.07. The van der Waals surface area contributed by atoms with Crippen LogP contribution in [0.1, 0.15) is 27.2 Å². The van der Waals surface area contributed by atoms with Gasteiger partial charge in [0.1, 0.15) is 5.69 Å². The van der Waals surface area contributed by atoms with Crippen LogP contribution in [0.4, 0.5) is 5.69 Å². The highest BCUT2D eigenvalue weighted by Crippen LogP contribution is 2.23. The highest BCUT2D eigenvalue weighted by atomic mass is 79.9. The molecule has 0 aliphatic rings. The minimum atomic E-state index is -0.263. The molecule has 26 heavy (non-hydrogen) atoms. The molecular weight excluding hydrogens is 410 g/mol. The number of nitrogens with one attached hydrogen (secondary N) is 1. The van der Waals surface area contributed by atoms with Crippen LogP contribution in [0.25, 0.3) is 0 Å². The summed E-state index contributed by atoms with van der Waals surface area (Å²) < 4.78 is 0.571. The Morgan fingerprint density at radius 1 is 1.12 bits per heavy atom. The van der Waals surface area contributed by atoms with Crippen LogP contribution in [0, 0.1) is 13.8 Å². The second-order valence-electron chi connectivity index (χ2n) is 5.95. The van der Waals surface area contributed by atoms with Crippen molar-refractivity contribution in [3.8, 4) is 0 Å². The van der Waals surface area contributed by atoms with Gasteiger partial charge in [0.25, 0.3) is 5.91 Å². The largest absolute Gasteiger partial charge is 0.321 e. The van der Waals surface area contributed by atoms with Crippen molar-refractivity contribution < 1.29 is 4.79 Å². The van der Waals surface area contributed by atoms with Crippen molar-refractivity contribution in [2.24, 2.45) is 0 Å². The van der Waals surface area contributed by atoms with Gasteiger partial charge in [0.15, 0.2) is 5.16 Å². The number of benzene rings is 2. The van der Waals surface area contributed by atoms with Crippen molar-refractivity contribution in [3.05, 3.63) is 81.6 Å². The van der Waals surface area contributed by atoms with Gasteiger partial charge in [-0.1, -0.05) is 59.3 Å². The number of halogens is 1. The van der Waals surface area contributed by atoms with Crippen molar-refractivity contribution in [1.82, 2.24) is 9.97 Å². The number of nitrogens with zero attached hydrogens (tertiary/aromatic N) is 2. The van der Waals surface area contributed by atoms with Crippen molar-refractivity contribution in [2.45, 2.75) is 24.8 Å². The molecule has 0 saturated heterocycles. The van der Waals surface area contributed by atoms with E-state index in [1.54, 1.807) is 6.20 Å². The third-order valence-corrected chi connectivity index (χ3v) is 5.21. The molecule has 2 aromatic carbocycles. The summed E-state index contributed by atoms with van der Waals surface area (Å²) in [4.78, 5) is 21.3. The molecule has 3 aromatic rings. The van der Waals surface area contributed by atoms with Crippen molar-refractivity contribution in [1.29, 1.82) is 0 Å². The molecule has 6 heteroatoms. The lowest BCUT2D eigenvalue weighted by molar-refractivity contribution is 0.102. The molecule has 0 spiro atoms. The fourth-order valence-electron chi connectivity index (χ4n) is 2.36. The number of amides is 1. The fourth-order valence-corrected chi connectivity index (χ4v) is 3.49. The average Bonchev–Trinajstić information content (AvgIpc) is 2.63. The van der Waals surface area contributed by atoms with Crippen LogP contribution in [0.15, 0.2) is 64.4 Å². The smallest absolute Gasteiger partial charge is 0.275 e. The molecular formula is C20H18BrN3OS. The van der Waals surface area contributed by atoms with E-state index in [1.807, 2.05) is 37.3 Å². The number of carbonyl (C=O) groups excluding carboxylic acids is 1. The Kier molecular flexibility index (Phi) is 6.06. The van der Waals surface area contributed by atoms with Crippen LogP contribution >= 0.6 is 27.7 Å². The number of carbonyl (C=O) groups is 1. The highest BCUT2D eigenvalue weighted by Gasteiger charge is 2.14. The van der Waals surface area contributed by atoms with Gasteiger partial charge in [0.05, 0.1) is 4.47 Å². The number of aromatic nitrogens is 2. The first kappa shape index (κ1) is 18.6. The zero-order valence-corrected chi connectivity index (χ0v) is 16.9. The van der Waals surface area contributed by atoms with Gasteiger partial charge < -0.3 is 5.32 Å². The second kappa shape index (κ2) is 8.47. The number of anilines is 1. The maximum Gasteiger partial charge on any atom is 0.275 e. The van der Waals surface area contributed by atoms with Crippen LogP contribution in [0.5, 0.6) is 0 Å². The van der Waals surface area contributed by atoms with Gasteiger partial charge in [-0.05, 0) is 47.5 Å². The van der Waals surface area contributed by atoms with Crippen LogP contribution in [-0.4, -0.2) is 15.9 Å². The Balaban J connectivity index is 1.72. The number of aryl methyl sites for hydroxylation is 2. The zero-order valence-electron chi connectivity index (χ0n) is 14.5. The minimum Gasteiger partial charge on any atom is -0.321 e. The van der Waals surface area contributed by atoms with Gasteiger partial charge in [0, 0.05) is 17.6 Å². The van der Waals surface area contributed by atoms with E-state index < -0.39 is 0 Å². The molecule has 0 bridgehead atoms. The minimum absolute atomic E-state index is 0.263. The molecule has 0 aliphatic heterocycles. The molecule has 1 aromatic heterocycles. The molecule has 0 unspecified atom stereocenters. The predicted octanol–water partition coefficient (Wildman–Crippen LogP) is 5.40. The predicted molar refractivity (Wildman–Crippen MR) is 110 cm³/mol. The monoisotopic (exact) mass is 427 g/mol. The molecule has 3 rings (SSSR count). The van der Waals surface area contributed by atoms with Crippen molar-refractivity contribution in [2.75, 3.05) is 5.32 Å². The first-order valence-electron chi connectivity index (χ1n) is 8.10. The standard InChI is InChI=1S/C20H18BrN3OS/c1-13-6-8-16(9-7-13)23-19(25)18-17(21)11-22-20(24-18)26-12-15-5-3-4-14(2)10-15/h3-11H,12H2,1-2H3,(H,23,25). The maximum atomic E-state index is 12.6. The normalized spacial score (nSPS) is 10.6. The molecule has 0 saturated carbocycles. The third-order valence-electron chi connectivity index (χ3n) is 3.70. The summed E-state index contributed by atoms with van der Waals surface area (Å²) in [5, 5.41) is 3.44. The SMILES string of the molecule is Cc1ccc(NC(=O)c2nc(SCc3cccc(C)c3)ncc2Br)cc1. The van der Waals surface area contributed by atoms with Crippen molar-refractivity contribution in [3.63, 3.8) is 0 Å². The first-order valence-corrected chi connectivity index (χ1v) is 9.88. The summed E-state index contributed by atoms with van der Waals surface area (Å²) in [7, 11) is 0. The molecule has 0 atom stereocenters. The van der Waals surface area contributed by atoms with Gasteiger partial charge in [-0.2, -0.15) is 0 Å². The lowest BCUT2D eigenvalue weighted by Gasteiger charge is -2.08. The van der Waals surface area contributed by atoms with Gasteiger partial charge in [-0.25, -0.2) is 9.97 Å². The Bertz CT molecular complexity index is 929. The maximum absolute atomic E-state index is 12.6. The van der Waals surface area contributed by atoms with Crippen LogP contribution < -0.4 is 5.32 Å². The summed E-state index contributed by atoms with van der Waals surface area (Å²) in [6.07, 6.45) is 1.62. The second-order valence-corrected chi connectivity index (χ2v) is 7.74. The Hall–Kier alpha value is -2.18. The Labute approximate surface area is 165 Å². The van der Waals surface area contributed by atoms with E-state index in [-0.39, 0.29) is 5.91 Å². The molecule has 0 fully saturated rings. The summed E-state index contributed by atoms with van der Waals surface area (Å²) in [6, 6.07) is 16.0. The fraction of sp³-hybridized carbons (Fsp3) is 0.150. The van der Waals surface area contributed by atoms with Crippen LogP contribution in [0.3, 0.4) is 0 Å². The zero-order chi connectivity index (χ0) is 18.5.